The second kappa shape index (κ2) is 30.7. The molecular weight excluding hydrogens is 1650 g/mol. The van der Waals surface area contributed by atoms with Crippen molar-refractivity contribution in [2.75, 3.05) is 9.80 Å². The van der Waals surface area contributed by atoms with Crippen molar-refractivity contribution in [1.29, 1.82) is 0 Å². The Kier molecular flexibility index (Phi) is 17.3. The first-order valence-electron chi connectivity index (χ1n) is 46.5. The molecule has 0 aliphatic rings. The van der Waals surface area contributed by atoms with Gasteiger partial charge >= 0.3 is 0 Å². The number of furan rings is 2. The maximum atomic E-state index is 6.76. The van der Waals surface area contributed by atoms with Gasteiger partial charge < -0.3 is 36.9 Å². The van der Waals surface area contributed by atoms with Crippen LogP contribution in [0.1, 0.15) is 0 Å². The van der Waals surface area contributed by atoms with Crippen molar-refractivity contribution >= 4 is 187 Å². The third-order valence-electron chi connectivity index (χ3n) is 28.3. The molecule has 0 unspecified atom stereocenters. The van der Waals surface area contributed by atoms with Crippen LogP contribution in [-0.4, -0.2) is 18.3 Å². The molecule has 6 heterocycles. The van der Waals surface area contributed by atoms with E-state index in [2.05, 4.69) is 501 Å². The summed E-state index contributed by atoms with van der Waals surface area (Å²) in [5.74, 6) is 0. The smallest absolute Gasteiger partial charge is 0.136 e. The summed E-state index contributed by atoms with van der Waals surface area (Å²) in [4.78, 5) is 4.77. The highest BCUT2D eigenvalue weighted by molar-refractivity contribution is 6.16. The van der Waals surface area contributed by atoms with Gasteiger partial charge in [0.15, 0.2) is 0 Å². The molecule has 0 saturated heterocycles. The van der Waals surface area contributed by atoms with Gasteiger partial charge in [0.05, 0.1) is 44.1 Å². The topological polar surface area (TPSA) is 52.5 Å². The fraction of sp³-hybridized carbons (Fsp3) is 0. The Morgan fingerprint density at radius 2 is 0.390 bits per heavy atom. The van der Waals surface area contributed by atoms with Crippen LogP contribution in [0.25, 0.3) is 231 Å². The first-order valence-corrected chi connectivity index (χ1v) is 46.5. The van der Waals surface area contributed by atoms with E-state index in [0.717, 1.165) is 167 Å². The number of hydrogen-bond donors (Lipinski definition) is 0. The molecule has 8 nitrogen and oxygen atoms in total. The van der Waals surface area contributed by atoms with Crippen LogP contribution in [0.5, 0.6) is 0 Å². The lowest BCUT2D eigenvalue weighted by atomic mass is 9.99. The van der Waals surface area contributed by atoms with Gasteiger partial charge in [0.2, 0.25) is 0 Å². The molecule has 0 spiro atoms. The van der Waals surface area contributed by atoms with E-state index in [4.69, 9.17) is 8.83 Å². The summed E-state index contributed by atoms with van der Waals surface area (Å²) in [6.45, 7) is 0. The number of hydrogen-bond acceptors (Lipinski definition) is 4. The van der Waals surface area contributed by atoms with Gasteiger partial charge in [-0.05, 0) is 308 Å². The quantitative estimate of drug-likeness (QED) is 0.103. The van der Waals surface area contributed by atoms with Crippen LogP contribution >= 0.6 is 0 Å². The number of nitrogens with zero attached hydrogens (tertiary/aromatic N) is 6. The number of anilines is 6. The highest BCUT2D eigenvalue weighted by Gasteiger charge is 2.24. The Morgan fingerprint density at radius 1 is 0.132 bits per heavy atom. The summed E-state index contributed by atoms with van der Waals surface area (Å²) < 4.78 is 22.6. The molecule has 0 aliphatic heterocycles. The number of rotatable bonds is 15. The largest absolute Gasteiger partial charge is 0.456 e. The summed E-state index contributed by atoms with van der Waals surface area (Å²) in [5.41, 5.74) is 35.1. The Morgan fingerprint density at radius 3 is 0.853 bits per heavy atom. The second-order valence-electron chi connectivity index (χ2n) is 35.9. The van der Waals surface area contributed by atoms with Crippen molar-refractivity contribution in [2.45, 2.75) is 0 Å². The van der Waals surface area contributed by atoms with Crippen LogP contribution in [0, 0.1) is 0 Å². The van der Waals surface area contributed by atoms with Gasteiger partial charge in [0.25, 0.3) is 0 Å². The summed E-state index contributed by atoms with van der Waals surface area (Å²) in [5, 5.41) is 18.9. The van der Waals surface area contributed by atoms with Crippen LogP contribution in [0.3, 0.4) is 0 Å². The Bertz CT molecular complexity index is 9630. The predicted octanol–water partition coefficient (Wildman–Crippen LogP) is 35.5. The average Bonchev–Trinajstić information content (AvgIpc) is 1.59. The molecule has 8 heteroatoms. The zero-order valence-electron chi connectivity index (χ0n) is 73.7. The molecule has 0 atom stereocenters. The molecule has 0 N–H and O–H groups in total. The molecule has 136 heavy (non-hydrogen) atoms. The van der Waals surface area contributed by atoms with Crippen molar-refractivity contribution in [2.24, 2.45) is 0 Å². The van der Waals surface area contributed by atoms with Crippen LogP contribution < -0.4 is 9.80 Å². The van der Waals surface area contributed by atoms with Crippen molar-refractivity contribution in [3.63, 3.8) is 0 Å². The van der Waals surface area contributed by atoms with Crippen LogP contribution in [0.15, 0.2) is 494 Å². The number of para-hydroxylation sites is 8. The van der Waals surface area contributed by atoms with Crippen LogP contribution in [-0.2, 0) is 0 Å². The van der Waals surface area contributed by atoms with Gasteiger partial charge in [0, 0.05) is 122 Å². The summed E-state index contributed by atoms with van der Waals surface area (Å²) in [7, 11) is 0. The van der Waals surface area contributed by atoms with E-state index in [9.17, 15) is 0 Å². The van der Waals surface area contributed by atoms with E-state index in [1.165, 1.54) is 98.1 Å². The Labute approximate surface area is 782 Å². The van der Waals surface area contributed by atoms with E-state index >= 15 is 0 Å². The first-order chi connectivity index (χ1) is 67.4. The fourth-order valence-electron chi connectivity index (χ4n) is 21.8. The van der Waals surface area contributed by atoms with Gasteiger partial charge in [-0.3, -0.25) is 0 Å². The standard InChI is InChI=1S/C128H80N6O2/c1-2-18-95(19-3-1)131-121-31-15-8-25-110(121)114-77-93(49-69-123(114)131)85-34-35-87-73-102(60-44-86(87)72-85)130(99-63-65-101(66-64-99)132-117-27-11-4-20-105(117)106-21-5-12-28-118(106)132)98-56-40-83(41-57-98)92-51-71-127-116(79-92)112-67-47-94(80-128(112)136-127)84-42-58-100(59-43-84)133-122-32-16-9-24-109(122)113-76-90(48-68-124(113)133)81-36-52-96(53-37-81)129(97-54-38-82(39-55-97)91-50-70-126-115(78-91)111-26-10-17-33-125(111)135-126)103-61-45-89-75-104(62-46-88(89)74-103)134-119-29-13-6-22-107(119)108-23-7-14-30-120(108)134/h1-80H. The second-order valence-corrected chi connectivity index (χ2v) is 35.9. The molecule has 0 saturated carbocycles. The summed E-state index contributed by atoms with van der Waals surface area (Å²) in [6, 6.07) is 178. The van der Waals surface area contributed by atoms with Crippen LogP contribution in [0.2, 0.25) is 0 Å². The van der Waals surface area contributed by atoms with Crippen molar-refractivity contribution < 1.29 is 8.83 Å². The van der Waals surface area contributed by atoms with Gasteiger partial charge in [-0.15, -0.1) is 0 Å². The molecule has 634 valence electrons. The molecule has 0 fully saturated rings. The van der Waals surface area contributed by atoms with E-state index < -0.39 is 0 Å². The maximum Gasteiger partial charge on any atom is 0.136 e. The minimum Gasteiger partial charge on any atom is -0.456 e. The van der Waals surface area contributed by atoms with Crippen LogP contribution in [0.4, 0.5) is 34.1 Å². The zero-order chi connectivity index (χ0) is 89.2. The lowest BCUT2D eigenvalue weighted by Gasteiger charge is -2.26. The normalized spacial score (nSPS) is 12.0. The minimum absolute atomic E-state index is 0.849. The van der Waals surface area contributed by atoms with Gasteiger partial charge in [0.1, 0.15) is 22.3 Å². The molecule has 28 aromatic rings. The average molecular weight is 1730 g/mol. The maximum absolute atomic E-state index is 6.76. The highest BCUT2D eigenvalue weighted by atomic mass is 16.3. The van der Waals surface area contributed by atoms with Gasteiger partial charge in [-0.25, -0.2) is 0 Å². The molecule has 28 rings (SSSR count). The van der Waals surface area contributed by atoms with E-state index in [1.807, 2.05) is 12.1 Å². The van der Waals surface area contributed by atoms with E-state index in [-0.39, 0.29) is 0 Å². The first kappa shape index (κ1) is 76.6. The third kappa shape index (κ3) is 12.5. The molecule has 22 aromatic carbocycles. The SMILES string of the molecule is c1ccc(-n2c3ccccc3c3cc(-c4ccc5cc(N(c6ccc(-c7ccc8oc9cc(-c%10ccc(-n%11c%12ccccc%12c%12cc(-c%13ccc(N(c%14ccc(-c%15ccc%16oc%17ccccc%17c%16c%15)cc%14)c%14ccc%15cc(-n%16c%17ccccc%17c%17ccccc%17%16)ccc%15c%14)cc%13)ccc%12%11)cc%10)ccc9c8c7)cc6)c6ccc(-n7c8ccccc8c8ccccc87)cc6)ccc5c4)ccc32)cc1. The monoisotopic (exact) mass is 1730 g/mol. The van der Waals surface area contributed by atoms with Gasteiger partial charge in [-0.1, -0.05) is 255 Å². The molecule has 0 aliphatic carbocycles. The molecule has 0 amide bonds. The van der Waals surface area contributed by atoms with Crippen molar-refractivity contribution in [1.82, 2.24) is 18.3 Å². The number of fused-ring (bicyclic) bond motifs is 20. The molecule has 0 bridgehead atoms. The summed E-state index contributed by atoms with van der Waals surface area (Å²) in [6.07, 6.45) is 0. The lowest BCUT2D eigenvalue weighted by molar-refractivity contribution is 0.668. The molecule has 0 radical (unpaired) electrons. The lowest BCUT2D eigenvalue weighted by Crippen LogP contribution is -2.10. The highest BCUT2D eigenvalue weighted by Crippen LogP contribution is 2.47. The predicted molar refractivity (Wildman–Crippen MR) is 570 cm³/mol. The van der Waals surface area contributed by atoms with Crippen molar-refractivity contribution in [3.05, 3.63) is 485 Å². The third-order valence-corrected chi connectivity index (χ3v) is 28.3. The van der Waals surface area contributed by atoms with E-state index in [0.29, 0.717) is 0 Å². The molecule has 6 aromatic heterocycles. The summed E-state index contributed by atoms with van der Waals surface area (Å²) >= 11 is 0. The van der Waals surface area contributed by atoms with E-state index in [1.54, 1.807) is 0 Å². The number of benzene rings is 22. The number of aromatic nitrogens is 4. The zero-order valence-corrected chi connectivity index (χ0v) is 73.7. The van der Waals surface area contributed by atoms with Crippen molar-refractivity contribution in [3.8, 4) is 78.4 Å². The Hall–Kier alpha value is -18.2. The molecular formula is C128H80N6O2. The minimum atomic E-state index is 0.849. The van der Waals surface area contributed by atoms with Gasteiger partial charge in [-0.2, -0.15) is 0 Å². The Balaban J connectivity index is 0.464. The fourth-order valence-corrected chi connectivity index (χ4v) is 21.8.